The lowest BCUT2D eigenvalue weighted by Crippen LogP contribution is -2.39. The number of hydrogen-bond acceptors (Lipinski definition) is 3. The van der Waals surface area contributed by atoms with E-state index in [0.717, 1.165) is 12.2 Å². The first-order valence-electron chi connectivity index (χ1n) is 8.68. The number of nitriles is 1. The third-order valence-corrected chi connectivity index (χ3v) is 4.81. The molecule has 0 bridgehead atoms. The molecular formula is C21H24N2O. The second-order valence-electron chi connectivity index (χ2n) is 6.44. The molecule has 3 nitrogen and oxygen atoms in total. The Kier molecular flexibility index (Phi) is 5.17. The standard InChI is InChI=1S/C21H24N2O/c1-3-4-5-18-12-17-13-19(24-2)10-11-20(17)21(23-18)16-8-6-15(14-22)7-9-16/h6-11,13,18,21,23H,3-5,12H2,1-2H3/t18-,21-/m0/s1. The van der Waals surface area contributed by atoms with Crippen LogP contribution in [0.5, 0.6) is 5.75 Å². The summed E-state index contributed by atoms with van der Waals surface area (Å²) in [6.45, 7) is 2.23. The molecule has 1 aliphatic heterocycles. The number of unbranched alkanes of at least 4 members (excludes halogenated alkanes) is 1. The Hall–Kier alpha value is -2.31. The van der Waals surface area contributed by atoms with Gasteiger partial charge in [-0.05, 0) is 53.8 Å². The second kappa shape index (κ2) is 7.51. The Morgan fingerprint density at radius 2 is 2.00 bits per heavy atom. The molecule has 0 aromatic heterocycles. The maximum atomic E-state index is 9.01. The zero-order valence-corrected chi connectivity index (χ0v) is 14.4. The molecule has 2 aromatic carbocycles. The van der Waals surface area contributed by atoms with E-state index in [1.165, 1.54) is 36.0 Å². The molecule has 1 N–H and O–H groups in total. The van der Waals surface area contributed by atoms with E-state index < -0.39 is 0 Å². The third-order valence-electron chi connectivity index (χ3n) is 4.81. The molecule has 3 heteroatoms. The van der Waals surface area contributed by atoms with Gasteiger partial charge in [-0.15, -0.1) is 0 Å². The Balaban J connectivity index is 1.95. The predicted molar refractivity (Wildman–Crippen MR) is 96.1 cm³/mol. The van der Waals surface area contributed by atoms with Crippen molar-refractivity contribution in [3.05, 3.63) is 64.7 Å². The van der Waals surface area contributed by atoms with E-state index in [1.807, 2.05) is 18.2 Å². The van der Waals surface area contributed by atoms with E-state index in [2.05, 4.69) is 42.6 Å². The van der Waals surface area contributed by atoms with Crippen LogP contribution in [-0.2, 0) is 6.42 Å². The van der Waals surface area contributed by atoms with Crippen LogP contribution in [0.1, 0.15) is 54.5 Å². The van der Waals surface area contributed by atoms with Gasteiger partial charge in [0, 0.05) is 6.04 Å². The average Bonchev–Trinajstić information content (AvgIpc) is 2.65. The number of rotatable bonds is 5. The van der Waals surface area contributed by atoms with Crippen LogP contribution in [0.2, 0.25) is 0 Å². The molecule has 0 unspecified atom stereocenters. The summed E-state index contributed by atoms with van der Waals surface area (Å²) >= 11 is 0. The van der Waals surface area contributed by atoms with Gasteiger partial charge in [0.2, 0.25) is 0 Å². The van der Waals surface area contributed by atoms with Crippen LogP contribution in [0.15, 0.2) is 42.5 Å². The van der Waals surface area contributed by atoms with Gasteiger partial charge in [-0.1, -0.05) is 38.0 Å². The van der Waals surface area contributed by atoms with Crippen molar-refractivity contribution in [3.8, 4) is 11.8 Å². The fraction of sp³-hybridized carbons (Fsp3) is 0.381. The second-order valence-corrected chi connectivity index (χ2v) is 6.44. The van der Waals surface area contributed by atoms with E-state index in [4.69, 9.17) is 10.00 Å². The van der Waals surface area contributed by atoms with Crippen molar-refractivity contribution in [2.24, 2.45) is 0 Å². The quantitative estimate of drug-likeness (QED) is 0.890. The Morgan fingerprint density at radius 3 is 2.67 bits per heavy atom. The minimum Gasteiger partial charge on any atom is -0.497 e. The lowest BCUT2D eigenvalue weighted by atomic mass is 9.85. The first kappa shape index (κ1) is 16.5. The van der Waals surface area contributed by atoms with Gasteiger partial charge in [0.25, 0.3) is 0 Å². The highest BCUT2D eigenvalue weighted by atomic mass is 16.5. The largest absolute Gasteiger partial charge is 0.497 e. The highest BCUT2D eigenvalue weighted by Crippen LogP contribution is 2.34. The van der Waals surface area contributed by atoms with Crippen LogP contribution < -0.4 is 10.1 Å². The molecule has 3 rings (SSSR count). The molecule has 0 fully saturated rings. The molecule has 2 atom stereocenters. The Labute approximate surface area is 144 Å². The van der Waals surface area contributed by atoms with Gasteiger partial charge in [-0.25, -0.2) is 0 Å². The first-order chi connectivity index (χ1) is 11.7. The molecule has 0 aliphatic carbocycles. The van der Waals surface area contributed by atoms with E-state index in [9.17, 15) is 0 Å². The van der Waals surface area contributed by atoms with Gasteiger partial charge in [-0.2, -0.15) is 5.26 Å². The first-order valence-corrected chi connectivity index (χ1v) is 8.68. The predicted octanol–water partition coefficient (Wildman–Crippen LogP) is 4.36. The number of nitrogens with zero attached hydrogens (tertiary/aromatic N) is 1. The minimum atomic E-state index is 0.175. The van der Waals surface area contributed by atoms with Gasteiger partial charge < -0.3 is 10.1 Å². The molecule has 0 saturated heterocycles. The zero-order chi connectivity index (χ0) is 16.9. The molecule has 2 aromatic rings. The SMILES string of the molecule is CCCC[C@H]1Cc2cc(OC)ccc2[C@H](c2ccc(C#N)cc2)N1. The molecule has 24 heavy (non-hydrogen) atoms. The minimum absolute atomic E-state index is 0.175. The fourth-order valence-corrected chi connectivity index (χ4v) is 3.48. The van der Waals surface area contributed by atoms with Crippen LogP contribution in [0, 0.1) is 11.3 Å². The number of fused-ring (bicyclic) bond motifs is 1. The summed E-state index contributed by atoms with van der Waals surface area (Å²) in [5.74, 6) is 0.920. The molecule has 0 spiro atoms. The van der Waals surface area contributed by atoms with Crippen molar-refractivity contribution in [1.82, 2.24) is 5.32 Å². The maximum absolute atomic E-state index is 9.01. The third kappa shape index (κ3) is 3.44. The summed E-state index contributed by atoms with van der Waals surface area (Å²) in [4.78, 5) is 0. The van der Waals surface area contributed by atoms with Crippen molar-refractivity contribution in [2.75, 3.05) is 7.11 Å². The zero-order valence-electron chi connectivity index (χ0n) is 14.4. The summed E-state index contributed by atoms with van der Waals surface area (Å²) in [6, 6.07) is 17.1. The van der Waals surface area contributed by atoms with Gasteiger partial charge in [0.05, 0.1) is 24.8 Å². The van der Waals surface area contributed by atoms with Gasteiger partial charge in [0.15, 0.2) is 0 Å². The van der Waals surface area contributed by atoms with Crippen molar-refractivity contribution in [2.45, 2.75) is 44.7 Å². The van der Waals surface area contributed by atoms with E-state index in [1.54, 1.807) is 7.11 Å². The van der Waals surface area contributed by atoms with Crippen molar-refractivity contribution >= 4 is 0 Å². The molecule has 0 saturated carbocycles. The summed E-state index contributed by atoms with van der Waals surface area (Å²) in [7, 11) is 1.72. The lowest BCUT2D eigenvalue weighted by molar-refractivity contribution is 0.395. The molecule has 1 heterocycles. The number of hydrogen-bond donors (Lipinski definition) is 1. The normalized spacial score (nSPS) is 19.4. The molecule has 0 amide bonds. The summed E-state index contributed by atoms with van der Waals surface area (Å²) in [6.07, 6.45) is 4.67. The number of ether oxygens (including phenoxy) is 1. The molecule has 1 aliphatic rings. The highest BCUT2D eigenvalue weighted by Gasteiger charge is 2.27. The monoisotopic (exact) mass is 320 g/mol. The smallest absolute Gasteiger partial charge is 0.119 e. The molecule has 124 valence electrons. The summed E-state index contributed by atoms with van der Waals surface area (Å²) in [5, 5.41) is 12.8. The molecule has 0 radical (unpaired) electrons. The van der Waals surface area contributed by atoms with Gasteiger partial charge in [-0.3, -0.25) is 0 Å². The fourth-order valence-electron chi connectivity index (χ4n) is 3.48. The Morgan fingerprint density at radius 1 is 1.21 bits per heavy atom. The lowest BCUT2D eigenvalue weighted by Gasteiger charge is -2.34. The topological polar surface area (TPSA) is 45.0 Å². The van der Waals surface area contributed by atoms with Crippen LogP contribution in [0.3, 0.4) is 0 Å². The van der Waals surface area contributed by atoms with Crippen LogP contribution >= 0.6 is 0 Å². The van der Waals surface area contributed by atoms with E-state index >= 15 is 0 Å². The maximum Gasteiger partial charge on any atom is 0.119 e. The van der Waals surface area contributed by atoms with Crippen molar-refractivity contribution in [1.29, 1.82) is 5.26 Å². The Bertz CT molecular complexity index is 730. The summed E-state index contributed by atoms with van der Waals surface area (Å²) < 4.78 is 5.41. The van der Waals surface area contributed by atoms with Crippen molar-refractivity contribution in [3.63, 3.8) is 0 Å². The van der Waals surface area contributed by atoms with Crippen LogP contribution in [0.25, 0.3) is 0 Å². The summed E-state index contributed by atoms with van der Waals surface area (Å²) in [5.41, 5.74) is 4.59. The van der Waals surface area contributed by atoms with Gasteiger partial charge in [0.1, 0.15) is 5.75 Å². The van der Waals surface area contributed by atoms with E-state index in [0.29, 0.717) is 11.6 Å². The number of nitrogens with one attached hydrogen (secondary N) is 1. The van der Waals surface area contributed by atoms with Gasteiger partial charge >= 0.3 is 0 Å². The van der Waals surface area contributed by atoms with Crippen LogP contribution in [0.4, 0.5) is 0 Å². The van der Waals surface area contributed by atoms with Crippen LogP contribution in [-0.4, -0.2) is 13.2 Å². The average molecular weight is 320 g/mol. The highest BCUT2D eigenvalue weighted by molar-refractivity contribution is 5.45. The number of methoxy groups -OCH3 is 1. The van der Waals surface area contributed by atoms with Crippen molar-refractivity contribution < 1.29 is 4.74 Å². The van der Waals surface area contributed by atoms with E-state index in [-0.39, 0.29) is 6.04 Å². The number of benzene rings is 2. The molecular weight excluding hydrogens is 296 g/mol.